The summed E-state index contributed by atoms with van der Waals surface area (Å²) in [6, 6.07) is 1.66. The Hall–Kier alpha value is -2.50. The first-order chi connectivity index (χ1) is 12.3. The first kappa shape index (κ1) is 18.3. The van der Waals surface area contributed by atoms with Crippen LogP contribution in [-0.4, -0.2) is 36.8 Å². The molecule has 3 heterocycles. The highest BCUT2D eigenvalue weighted by atomic mass is 79.9. The van der Waals surface area contributed by atoms with E-state index in [1.165, 1.54) is 0 Å². The molecule has 1 N–H and O–H groups in total. The Balaban J connectivity index is 1.79. The third-order valence-corrected chi connectivity index (χ3v) is 3.79. The SMILES string of the molecule is O=C(NCCn1cc(Br)cn1)c1cc2nc(C(F)F)cc(C(F)F)n2n1. The lowest BCUT2D eigenvalue weighted by Crippen LogP contribution is -2.27. The Morgan fingerprint density at radius 1 is 1.23 bits per heavy atom. The zero-order valence-corrected chi connectivity index (χ0v) is 14.5. The van der Waals surface area contributed by atoms with Crippen LogP contribution in [0.25, 0.3) is 5.65 Å². The molecule has 0 aliphatic rings. The lowest BCUT2D eigenvalue weighted by molar-refractivity contribution is 0.0945. The molecule has 12 heteroatoms. The average molecular weight is 435 g/mol. The predicted molar refractivity (Wildman–Crippen MR) is 85.2 cm³/mol. The molecule has 7 nitrogen and oxygen atoms in total. The smallest absolute Gasteiger partial charge is 0.280 e. The van der Waals surface area contributed by atoms with E-state index in [2.05, 4.69) is 36.4 Å². The van der Waals surface area contributed by atoms with Gasteiger partial charge in [-0.2, -0.15) is 10.2 Å². The minimum atomic E-state index is -3.05. The summed E-state index contributed by atoms with van der Waals surface area (Å²) >= 11 is 3.24. The van der Waals surface area contributed by atoms with Crippen LogP contribution in [0, 0.1) is 0 Å². The van der Waals surface area contributed by atoms with Gasteiger partial charge in [-0.3, -0.25) is 9.48 Å². The largest absolute Gasteiger partial charge is 0.349 e. The van der Waals surface area contributed by atoms with Crippen molar-refractivity contribution in [3.63, 3.8) is 0 Å². The number of halogens is 5. The zero-order chi connectivity index (χ0) is 18.8. The van der Waals surface area contributed by atoms with E-state index in [0.29, 0.717) is 17.1 Å². The number of amides is 1. The first-order valence-corrected chi connectivity index (χ1v) is 8.07. The summed E-state index contributed by atoms with van der Waals surface area (Å²) in [5.74, 6) is -0.638. The summed E-state index contributed by atoms with van der Waals surface area (Å²) in [4.78, 5) is 15.7. The second-order valence-electron chi connectivity index (χ2n) is 5.18. The van der Waals surface area contributed by atoms with Crippen molar-refractivity contribution in [1.29, 1.82) is 0 Å². The quantitative estimate of drug-likeness (QED) is 0.605. The van der Waals surface area contributed by atoms with Crippen LogP contribution in [-0.2, 0) is 6.54 Å². The normalized spacial score (nSPS) is 11.7. The van der Waals surface area contributed by atoms with E-state index < -0.39 is 30.1 Å². The fourth-order valence-electron chi connectivity index (χ4n) is 2.23. The molecule has 3 rings (SSSR count). The van der Waals surface area contributed by atoms with Crippen molar-refractivity contribution in [3.8, 4) is 0 Å². The van der Waals surface area contributed by atoms with Crippen molar-refractivity contribution in [1.82, 2.24) is 29.7 Å². The van der Waals surface area contributed by atoms with E-state index >= 15 is 0 Å². The van der Waals surface area contributed by atoms with E-state index in [-0.39, 0.29) is 17.9 Å². The van der Waals surface area contributed by atoms with Crippen LogP contribution in [0.3, 0.4) is 0 Å². The lowest BCUT2D eigenvalue weighted by Gasteiger charge is -2.06. The van der Waals surface area contributed by atoms with Crippen molar-refractivity contribution >= 4 is 27.5 Å². The second-order valence-corrected chi connectivity index (χ2v) is 6.10. The molecule has 0 saturated heterocycles. The molecule has 0 radical (unpaired) electrons. The number of hydrogen-bond acceptors (Lipinski definition) is 4. The van der Waals surface area contributed by atoms with Crippen molar-refractivity contribution in [2.45, 2.75) is 19.4 Å². The Labute approximate surface area is 152 Å². The molecule has 0 bridgehead atoms. The number of rotatable bonds is 6. The number of hydrogen-bond donors (Lipinski definition) is 1. The molecule has 0 aliphatic heterocycles. The van der Waals surface area contributed by atoms with Gasteiger partial charge < -0.3 is 5.32 Å². The molecule has 0 saturated carbocycles. The maximum atomic E-state index is 13.1. The van der Waals surface area contributed by atoms with Crippen molar-refractivity contribution in [3.05, 3.63) is 46.1 Å². The van der Waals surface area contributed by atoms with E-state index in [4.69, 9.17) is 0 Å². The minimum Gasteiger partial charge on any atom is -0.349 e. The molecule has 0 atom stereocenters. The number of carbonyl (C=O) groups excluding carboxylic acids is 1. The van der Waals surface area contributed by atoms with Gasteiger partial charge in [0.25, 0.3) is 18.8 Å². The van der Waals surface area contributed by atoms with Crippen LogP contribution in [0.1, 0.15) is 34.7 Å². The third-order valence-electron chi connectivity index (χ3n) is 3.38. The topological polar surface area (TPSA) is 77.1 Å². The van der Waals surface area contributed by atoms with Crippen LogP contribution < -0.4 is 5.32 Å². The van der Waals surface area contributed by atoms with Crippen molar-refractivity contribution in [2.75, 3.05) is 6.54 Å². The number of aromatic nitrogens is 5. The maximum Gasteiger partial charge on any atom is 0.280 e. The molecule has 3 aromatic rings. The number of carbonyl (C=O) groups is 1. The molecule has 3 aromatic heterocycles. The van der Waals surface area contributed by atoms with Crippen LogP contribution in [0.15, 0.2) is 29.0 Å². The van der Waals surface area contributed by atoms with Gasteiger partial charge in [-0.15, -0.1) is 0 Å². The van der Waals surface area contributed by atoms with Gasteiger partial charge in [-0.25, -0.2) is 27.1 Å². The number of nitrogens with zero attached hydrogens (tertiary/aromatic N) is 5. The fraction of sp³-hybridized carbons (Fsp3) is 0.286. The van der Waals surface area contributed by atoms with Crippen LogP contribution in [0.4, 0.5) is 17.6 Å². The molecule has 0 fully saturated rings. The van der Waals surface area contributed by atoms with Gasteiger partial charge in [0.1, 0.15) is 11.4 Å². The van der Waals surface area contributed by atoms with Gasteiger partial charge >= 0.3 is 0 Å². The molecule has 0 aliphatic carbocycles. The highest BCUT2D eigenvalue weighted by molar-refractivity contribution is 9.10. The molecule has 0 spiro atoms. The summed E-state index contributed by atoms with van der Waals surface area (Å²) in [5, 5.41) is 10.3. The van der Waals surface area contributed by atoms with Gasteiger partial charge in [0.15, 0.2) is 11.3 Å². The second kappa shape index (κ2) is 7.40. The predicted octanol–water partition coefficient (Wildman–Crippen LogP) is 2.99. The molecule has 0 unspecified atom stereocenters. The van der Waals surface area contributed by atoms with Crippen LogP contribution in [0.2, 0.25) is 0 Å². The molecular formula is C14H11BrF4N6O. The summed E-state index contributed by atoms with van der Waals surface area (Å²) in [5.41, 5.74) is -2.01. The molecule has 1 amide bonds. The molecule has 26 heavy (non-hydrogen) atoms. The van der Waals surface area contributed by atoms with E-state index in [1.807, 2.05) is 0 Å². The first-order valence-electron chi connectivity index (χ1n) is 7.28. The molecular weight excluding hydrogens is 424 g/mol. The van der Waals surface area contributed by atoms with E-state index in [1.54, 1.807) is 17.1 Å². The van der Waals surface area contributed by atoms with Crippen LogP contribution >= 0.6 is 15.9 Å². The van der Waals surface area contributed by atoms with Gasteiger partial charge in [0.05, 0.1) is 17.2 Å². The summed E-state index contributed by atoms with van der Waals surface area (Å²) in [6.45, 7) is 0.582. The highest BCUT2D eigenvalue weighted by Crippen LogP contribution is 2.25. The van der Waals surface area contributed by atoms with Gasteiger partial charge in [0.2, 0.25) is 0 Å². The van der Waals surface area contributed by atoms with Gasteiger partial charge in [0, 0.05) is 18.8 Å². The Kier molecular flexibility index (Phi) is 5.20. The molecule has 138 valence electrons. The van der Waals surface area contributed by atoms with E-state index in [9.17, 15) is 22.4 Å². The molecule has 0 aromatic carbocycles. The Bertz CT molecular complexity index is 941. The summed E-state index contributed by atoms with van der Waals surface area (Å²) in [6.07, 6.45) is -2.77. The lowest BCUT2D eigenvalue weighted by atomic mass is 10.3. The number of nitrogens with one attached hydrogen (secondary N) is 1. The summed E-state index contributed by atoms with van der Waals surface area (Å²) in [7, 11) is 0. The Morgan fingerprint density at radius 3 is 2.62 bits per heavy atom. The zero-order valence-electron chi connectivity index (χ0n) is 12.9. The maximum absolute atomic E-state index is 13.1. The van der Waals surface area contributed by atoms with Crippen LogP contribution in [0.5, 0.6) is 0 Å². The van der Waals surface area contributed by atoms with Gasteiger partial charge in [-0.05, 0) is 22.0 Å². The highest BCUT2D eigenvalue weighted by Gasteiger charge is 2.21. The monoisotopic (exact) mass is 434 g/mol. The standard InChI is InChI=1S/C14H11BrF4N6O/c15-7-5-21-24(6-7)2-1-20-14(26)9-4-11-22-8(12(16)17)3-10(13(18)19)25(11)23-9/h3-6,12-13H,1-2H2,(H,20,26). The van der Waals surface area contributed by atoms with Crippen molar-refractivity contribution < 1.29 is 22.4 Å². The van der Waals surface area contributed by atoms with Gasteiger partial charge in [-0.1, -0.05) is 0 Å². The average Bonchev–Trinajstić information content (AvgIpc) is 3.19. The summed E-state index contributed by atoms with van der Waals surface area (Å²) < 4.78 is 54.9. The van der Waals surface area contributed by atoms with E-state index in [0.717, 1.165) is 10.5 Å². The number of fused-ring (bicyclic) bond motifs is 1. The van der Waals surface area contributed by atoms with Crippen molar-refractivity contribution in [2.24, 2.45) is 0 Å². The third kappa shape index (κ3) is 3.84. The fourth-order valence-corrected chi connectivity index (χ4v) is 2.56. The Morgan fingerprint density at radius 2 is 2.00 bits per heavy atom. The minimum absolute atomic E-state index is 0.201. The number of alkyl halides is 4.